The highest BCUT2D eigenvalue weighted by Gasteiger charge is 2.34. The Morgan fingerprint density at radius 2 is 2.24 bits per heavy atom. The van der Waals surface area contributed by atoms with E-state index >= 15 is 0 Å². The van der Waals surface area contributed by atoms with Crippen LogP contribution in [-0.4, -0.2) is 67.5 Å². The van der Waals surface area contributed by atoms with Crippen LogP contribution in [-0.2, 0) is 14.3 Å². The van der Waals surface area contributed by atoms with Crippen LogP contribution in [0.4, 0.5) is 0 Å². The van der Waals surface area contributed by atoms with E-state index in [0.29, 0.717) is 30.9 Å². The number of aliphatic carboxylic acids is 1. The number of likely N-dealkylation sites (tertiary alicyclic amines) is 2. The number of ether oxygens (including phenoxy) is 1. The molecule has 4 atom stereocenters. The number of carbonyl (C=O) groups is 2. The van der Waals surface area contributed by atoms with E-state index in [9.17, 15) is 14.7 Å². The van der Waals surface area contributed by atoms with Crippen molar-refractivity contribution in [2.24, 2.45) is 5.92 Å². The number of hydrogen-bond acceptors (Lipinski definition) is 5. The maximum atomic E-state index is 12.0. The zero-order chi connectivity index (χ0) is 15.4. The number of esters is 1. The summed E-state index contributed by atoms with van der Waals surface area (Å²) < 4.78 is 5.36. The maximum absolute atomic E-state index is 12.0. The van der Waals surface area contributed by atoms with E-state index in [4.69, 9.17) is 4.74 Å². The predicted molar refractivity (Wildman–Crippen MR) is 78.0 cm³/mol. The number of carboxylic acid groups (broad SMARTS) is 1. The summed E-state index contributed by atoms with van der Waals surface area (Å²) in [5, 5.41) is 10.9. The van der Waals surface area contributed by atoms with Crippen molar-refractivity contribution in [2.45, 2.75) is 30.1 Å². The van der Waals surface area contributed by atoms with Crippen molar-refractivity contribution in [1.82, 2.24) is 4.90 Å². The SMILES string of the molecule is CN1CC(Br)CC1C(=O)OCC[NH+]1CCCC(C(=O)[O-])C1. The van der Waals surface area contributed by atoms with Gasteiger partial charge in [0, 0.05) is 17.3 Å². The van der Waals surface area contributed by atoms with Gasteiger partial charge in [0.05, 0.1) is 19.1 Å². The number of piperidine rings is 1. The van der Waals surface area contributed by atoms with Gasteiger partial charge in [0.25, 0.3) is 0 Å². The molecule has 0 amide bonds. The van der Waals surface area contributed by atoms with Gasteiger partial charge in [0.2, 0.25) is 0 Å². The third-order valence-electron chi connectivity index (χ3n) is 4.42. The number of nitrogens with zero attached hydrogens (tertiary/aromatic N) is 1. The van der Waals surface area contributed by atoms with Gasteiger partial charge in [-0.05, 0) is 26.3 Å². The quantitative estimate of drug-likeness (QED) is 0.454. The topological polar surface area (TPSA) is 74.1 Å². The van der Waals surface area contributed by atoms with Crippen molar-refractivity contribution in [1.29, 1.82) is 0 Å². The van der Waals surface area contributed by atoms with Gasteiger partial charge < -0.3 is 19.5 Å². The molecule has 0 aliphatic carbocycles. The number of alkyl halides is 1. The average molecular weight is 363 g/mol. The molecular weight excluding hydrogens is 340 g/mol. The Bertz CT molecular complexity index is 393. The van der Waals surface area contributed by atoms with Crippen LogP contribution in [0.15, 0.2) is 0 Å². The molecule has 2 heterocycles. The molecule has 0 bridgehead atoms. The highest BCUT2D eigenvalue weighted by molar-refractivity contribution is 9.09. The number of hydrogen-bond donors (Lipinski definition) is 1. The van der Waals surface area contributed by atoms with Gasteiger partial charge in [-0.25, -0.2) is 0 Å². The molecule has 0 aromatic carbocycles. The molecule has 7 heteroatoms. The second-order valence-corrected chi connectivity index (χ2v) is 7.36. The van der Waals surface area contributed by atoms with Crippen LogP contribution in [0, 0.1) is 5.92 Å². The fraction of sp³-hybridized carbons (Fsp3) is 0.857. The van der Waals surface area contributed by atoms with E-state index < -0.39 is 5.97 Å². The average Bonchev–Trinajstić information content (AvgIpc) is 2.78. The van der Waals surface area contributed by atoms with Gasteiger partial charge in [-0.1, -0.05) is 15.9 Å². The Hall–Kier alpha value is -0.660. The lowest BCUT2D eigenvalue weighted by molar-refractivity contribution is -0.908. The van der Waals surface area contributed by atoms with Crippen molar-refractivity contribution in [3.8, 4) is 0 Å². The monoisotopic (exact) mass is 362 g/mol. The van der Waals surface area contributed by atoms with Crippen molar-refractivity contribution < 1.29 is 24.3 Å². The molecule has 0 spiro atoms. The first-order chi connectivity index (χ1) is 9.97. The van der Waals surface area contributed by atoms with Gasteiger partial charge >= 0.3 is 5.97 Å². The molecule has 2 aliphatic heterocycles. The molecule has 4 unspecified atom stereocenters. The molecule has 21 heavy (non-hydrogen) atoms. The van der Waals surface area contributed by atoms with Crippen LogP contribution in [0.1, 0.15) is 19.3 Å². The van der Waals surface area contributed by atoms with E-state index in [1.807, 2.05) is 11.9 Å². The van der Waals surface area contributed by atoms with Gasteiger partial charge in [0.1, 0.15) is 19.2 Å². The zero-order valence-electron chi connectivity index (χ0n) is 12.3. The Labute approximate surface area is 133 Å². The van der Waals surface area contributed by atoms with Gasteiger partial charge in [-0.15, -0.1) is 0 Å². The predicted octanol–water partition coefficient (Wildman–Crippen LogP) is -1.96. The van der Waals surface area contributed by atoms with E-state index in [1.165, 1.54) is 4.90 Å². The summed E-state index contributed by atoms with van der Waals surface area (Å²) in [5.41, 5.74) is 0. The third-order valence-corrected chi connectivity index (χ3v) is 5.08. The van der Waals surface area contributed by atoms with E-state index in [0.717, 1.165) is 25.9 Å². The van der Waals surface area contributed by atoms with Gasteiger partial charge in [-0.2, -0.15) is 0 Å². The summed E-state index contributed by atoms with van der Waals surface area (Å²) in [5.74, 6) is -1.49. The van der Waals surface area contributed by atoms with E-state index in [1.54, 1.807) is 0 Å². The second kappa shape index (κ2) is 7.56. The minimum Gasteiger partial charge on any atom is -0.550 e. The van der Waals surface area contributed by atoms with Crippen LogP contribution < -0.4 is 10.0 Å². The number of quaternary nitrogens is 1. The maximum Gasteiger partial charge on any atom is 0.323 e. The van der Waals surface area contributed by atoms with Crippen LogP contribution in [0.25, 0.3) is 0 Å². The normalized spacial score (nSPS) is 33.8. The lowest BCUT2D eigenvalue weighted by Crippen LogP contribution is -3.14. The first-order valence-corrected chi connectivity index (χ1v) is 8.44. The van der Waals surface area contributed by atoms with Crippen molar-refractivity contribution in [2.75, 3.05) is 39.8 Å². The fourth-order valence-corrected chi connectivity index (χ4v) is 3.99. The van der Waals surface area contributed by atoms with Crippen LogP contribution >= 0.6 is 15.9 Å². The third kappa shape index (κ3) is 4.66. The Morgan fingerprint density at radius 3 is 2.86 bits per heavy atom. The second-order valence-electron chi connectivity index (χ2n) is 6.07. The van der Waals surface area contributed by atoms with Crippen LogP contribution in [0.5, 0.6) is 0 Å². The first kappa shape index (κ1) is 16.7. The lowest BCUT2D eigenvalue weighted by Gasteiger charge is -2.30. The van der Waals surface area contributed by atoms with Crippen molar-refractivity contribution >= 4 is 27.9 Å². The summed E-state index contributed by atoms with van der Waals surface area (Å²) in [6.07, 6.45) is 2.36. The molecule has 0 saturated carbocycles. The minimum absolute atomic E-state index is 0.165. The Morgan fingerprint density at radius 1 is 1.48 bits per heavy atom. The molecular formula is C14H23BrN2O4. The summed E-state index contributed by atoms with van der Waals surface area (Å²) in [4.78, 5) is 26.4. The summed E-state index contributed by atoms with van der Waals surface area (Å²) in [6.45, 7) is 3.39. The number of nitrogens with one attached hydrogen (secondary N) is 1. The molecule has 120 valence electrons. The molecule has 0 aromatic rings. The molecule has 1 N–H and O–H groups in total. The standard InChI is InChI=1S/C14H23BrN2O4/c1-16-9-11(15)7-12(16)14(20)21-6-5-17-4-2-3-10(8-17)13(18)19/h10-12H,2-9H2,1H3,(H,18,19). The highest BCUT2D eigenvalue weighted by atomic mass is 79.9. The molecule has 2 aliphatic rings. The van der Waals surface area contributed by atoms with E-state index in [2.05, 4.69) is 15.9 Å². The lowest BCUT2D eigenvalue weighted by atomic mass is 9.98. The molecule has 2 rings (SSSR count). The fourth-order valence-electron chi connectivity index (χ4n) is 3.18. The molecule has 6 nitrogen and oxygen atoms in total. The van der Waals surface area contributed by atoms with Gasteiger partial charge in [-0.3, -0.25) is 9.69 Å². The van der Waals surface area contributed by atoms with Gasteiger partial charge in [0.15, 0.2) is 0 Å². The number of carboxylic acids is 1. The van der Waals surface area contributed by atoms with Crippen molar-refractivity contribution in [3.05, 3.63) is 0 Å². The number of carbonyl (C=O) groups excluding carboxylic acids is 2. The largest absolute Gasteiger partial charge is 0.550 e. The van der Waals surface area contributed by atoms with Crippen LogP contribution in [0.3, 0.4) is 0 Å². The summed E-state index contributed by atoms with van der Waals surface area (Å²) >= 11 is 3.52. The number of rotatable bonds is 5. The molecule has 0 aromatic heterocycles. The number of halogens is 1. The smallest absolute Gasteiger partial charge is 0.323 e. The Kier molecular flexibility index (Phi) is 6.01. The molecule has 2 fully saturated rings. The van der Waals surface area contributed by atoms with Crippen LogP contribution in [0.2, 0.25) is 0 Å². The zero-order valence-corrected chi connectivity index (χ0v) is 13.9. The minimum atomic E-state index is -0.958. The Balaban J connectivity index is 1.69. The molecule has 0 radical (unpaired) electrons. The van der Waals surface area contributed by atoms with Crippen molar-refractivity contribution in [3.63, 3.8) is 0 Å². The van der Waals surface area contributed by atoms with E-state index in [-0.39, 0.29) is 17.9 Å². The highest BCUT2D eigenvalue weighted by Crippen LogP contribution is 2.22. The summed E-state index contributed by atoms with van der Waals surface area (Å²) in [7, 11) is 1.92. The summed E-state index contributed by atoms with van der Waals surface area (Å²) in [6, 6.07) is -0.165. The first-order valence-electron chi connectivity index (χ1n) is 7.52. The number of likely N-dealkylation sites (N-methyl/N-ethyl adjacent to an activating group) is 1. The molecule has 2 saturated heterocycles.